The van der Waals surface area contributed by atoms with Crippen molar-refractivity contribution in [1.29, 1.82) is 5.26 Å². The predicted octanol–water partition coefficient (Wildman–Crippen LogP) is 5.32. The number of nitriles is 1. The molecule has 3 aromatic carbocycles. The van der Waals surface area contributed by atoms with E-state index in [4.69, 9.17) is 16.3 Å². The summed E-state index contributed by atoms with van der Waals surface area (Å²) in [7, 11) is 0. The number of carbonyl (C=O) groups is 6. The molecule has 6 aliphatic rings. The summed E-state index contributed by atoms with van der Waals surface area (Å²) >= 11 is 6.29. The lowest BCUT2D eigenvalue weighted by atomic mass is 9.49. The zero-order valence-corrected chi connectivity index (χ0v) is 34.2. The molecule has 0 spiro atoms. The van der Waals surface area contributed by atoms with Gasteiger partial charge in [0.05, 0.1) is 21.7 Å². The van der Waals surface area contributed by atoms with Crippen LogP contribution in [0.15, 0.2) is 48.5 Å². The van der Waals surface area contributed by atoms with Crippen molar-refractivity contribution in [3.63, 3.8) is 0 Å². The number of hydrogen-bond acceptors (Lipinski definition) is 9. The van der Waals surface area contributed by atoms with Crippen LogP contribution in [0.1, 0.15) is 117 Å². The average Bonchev–Trinajstić information content (AvgIpc) is 3.82. The van der Waals surface area contributed by atoms with Crippen LogP contribution in [0.2, 0.25) is 5.02 Å². The third-order valence-electron chi connectivity index (χ3n) is 13.5. The number of ether oxygens (including phenoxy) is 1. The summed E-state index contributed by atoms with van der Waals surface area (Å²) in [4.78, 5) is 85.6. The van der Waals surface area contributed by atoms with E-state index in [-0.39, 0.29) is 36.8 Å². The van der Waals surface area contributed by atoms with E-state index in [0.29, 0.717) is 77.2 Å². The van der Waals surface area contributed by atoms with E-state index in [1.807, 2.05) is 15.9 Å². The molecule has 0 radical (unpaired) electrons. The number of likely N-dealkylation sites (tertiary alicyclic amines) is 1. The van der Waals surface area contributed by atoms with Crippen molar-refractivity contribution < 1.29 is 33.5 Å². The van der Waals surface area contributed by atoms with E-state index in [1.54, 1.807) is 42.5 Å². The molecule has 9 rings (SSSR count). The third-order valence-corrected chi connectivity index (χ3v) is 13.9. The second kappa shape index (κ2) is 14.0. The SMILES string of the molecule is CC1(C)C(Oc2ccc(C#N)c(Cl)c2)C(C)(C)C1N1Cc2cc(C(=O)N3CCC(CN4Cc5cc6c(cc5C4)C(=O)N(C4CCC(=O)NC4=O)C6=O)CC3)ccc2C1=O. The van der Waals surface area contributed by atoms with Crippen LogP contribution in [0.5, 0.6) is 5.75 Å². The monoisotopic (exact) mass is 816 g/mol. The molecular weight excluding hydrogens is 772 g/mol. The van der Waals surface area contributed by atoms with Gasteiger partial charge in [0.15, 0.2) is 0 Å². The largest absolute Gasteiger partial charge is 0.489 e. The molecule has 0 bridgehead atoms. The number of benzene rings is 3. The summed E-state index contributed by atoms with van der Waals surface area (Å²) in [6.45, 7) is 12.2. The molecule has 0 aromatic heterocycles. The molecule has 3 aromatic rings. The summed E-state index contributed by atoms with van der Waals surface area (Å²) in [5.74, 6) is -1.16. The first kappa shape index (κ1) is 38.9. The number of hydrogen-bond donors (Lipinski definition) is 1. The fraction of sp³-hybridized carbons (Fsp3) is 0.444. The molecule has 3 fully saturated rings. The smallest absolute Gasteiger partial charge is 0.262 e. The Kier molecular flexibility index (Phi) is 9.25. The number of carbonyl (C=O) groups excluding carboxylic acids is 6. The van der Waals surface area contributed by atoms with E-state index in [9.17, 15) is 34.0 Å². The van der Waals surface area contributed by atoms with E-state index in [2.05, 4.69) is 44.0 Å². The van der Waals surface area contributed by atoms with Gasteiger partial charge < -0.3 is 14.5 Å². The van der Waals surface area contributed by atoms with Crippen molar-refractivity contribution in [3.8, 4) is 11.8 Å². The van der Waals surface area contributed by atoms with Gasteiger partial charge in [-0.3, -0.25) is 43.9 Å². The van der Waals surface area contributed by atoms with Crippen molar-refractivity contribution in [2.75, 3.05) is 19.6 Å². The summed E-state index contributed by atoms with van der Waals surface area (Å²) in [6.07, 6.45) is 1.66. The molecule has 1 unspecified atom stereocenters. The van der Waals surface area contributed by atoms with Crippen LogP contribution in [0.3, 0.4) is 0 Å². The molecule has 5 aliphatic heterocycles. The van der Waals surface area contributed by atoms with E-state index in [0.717, 1.165) is 41.0 Å². The zero-order chi connectivity index (χ0) is 41.7. The van der Waals surface area contributed by atoms with Gasteiger partial charge in [-0.2, -0.15) is 5.26 Å². The van der Waals surface area contributed by atoms with Gasteiger partial charge in [0.1, 0.15) is 24.0 Å². The van der Waals surface area contributed by atoms with Gasteiger partial charge in [-0.1, -0.05) is 39.3 Å². The molecule has 304 valence electrons. The quantitative estimate of drug-likeness (QED) is 0.312. The lowest BCUT2D eigenvalue weighted by Gasteiger charge is -2.65. The second-order valence-corrected chi connectivity index (χ2v) is 18.5. The molecule has 6 amide bonds. The minimum atomic E-state index is -0.988. The fourth-order valence-corrected chi connectivity index (χ4v) is 11.3. The fourth-order valence-electron chi connectivity index (χ4n) is 11.1. The average molecular weight is 817 g/mol. The van der Waals surface area contributed by atoms with Gasteiger partial charge in [0.25, 0.3) is 23.6 Å². The summed E-state index contributed by atoms with van der Waals surface area (Å²) < 4.78 is 6.46. The van der Waals surface area contributed by atoms with Crippen LogP contribution in [-0.4, -0.2) is 92.9 Å². The third kappa shape index (κ3) is 6.30. The van der Waals surface area contributed by atoms with Crippen LogP contribution >= 0.6 is 11.6 Å². The highest BCUT2D eigenvalue weighted by molar-refractivity contribution is 6.31. The van der Waals surface area contributed by atoms with Gasteiger partial charge in [0.2, 0.25) is 11.8 Å². The molecule has 59 heavy (non-hydrogen) atoms. The van der Waals surface area contributed by atoms with Crippen molar-refractivity contribution in [1.82, 2.24) is 24.9 Å². The normalized spacial score (nSPS) is 24.7. The van der Waals surface area contributed by atoms with Gasteiger partial charge in [0, 0.05) is 79.8 Å². The minimum Gasteiger partial charge on any atom is -0.489 e. The molecule has 1 atom stereocenters. The highest BCUT2D eigenvalue weighted by Crippen LogP contribution is 2.59. The summed E-state index contributed by atoms with van der Waals surface area (Å²) in [5, 5.41) is 11.8. The topological polar surface area (TPSA) is 160 Å². The first-order valence-electron chi connectivity index (χ1n) is 20.3. The van der Waals surface area contributed by atoms with Crippen molar-refractivity contribution >= 4 is 47.0 Å². The number of imide groups is 2. The number of amides is 6. The van der Waals surface area contributed by atoms with E-state index < -0.39 is 40.5 Å². The lowest BCUT2D eigenvalue weighted by Crippen LogP contribution is -2.74. The number of fused-ring (bicyclic) bond motifs is 3. The predicted molar refractivity (Wildman–Crippen MR) is 214 cm³/mol. The Bertz CT molecular complexity index is 2370. The van der Waals surface area contributed by atoms with E-state index in [1.165, 1.54) is 0 Å². The highest BCUT2D eigenvalue weighted by atomic mass is 35.5. The maximum absolute atomic E-state index is 13.9. The van der Waals surface area contributed by atoms with Crippen molar-refractivity contribution in [3.05, 3.63) is 98.1 Å². The van der Waals surface area contributed by atoms with Gasteiger partial charge in [-0.05, 0) is 84.3 Å². The van der Waals surface area contributed by atoms with Crippen molar-refractivity contribution in [2.45, 2.75) is 91.2 Å². The van der Waals surface area contributed by atoms with Gasteiger partial charge in [-0.25, -0.2) is 0 Å². The molecule has 1 aliphatic carbocycles. The lowest BCUT2D eigenvalue weighted by molar-refractivity contribution is -0.199. The zero-order valence-electron chi connectivity index (χ0n) is 33.5. The van der Waals surface area contributed by atoms with Gasteiger partial charge in [-0.15, -0.1) is 0 Å². The number of nitrogens with zero attached hydrogens (tertiary/aromatic N) is 5. The highest BCUT2D eigenvalue weighted by Gasteiger charge is 2.67. The van der Waals surface area contributed by atoms with Gasteiger partial charge >= 0.3 is 0 Å². The van der Waals surface area contributed by atoms with Crippen LogP contribution < -0.4 is 10.1 Å². The molecule has 1 saturated carbocycles. The molecule has 1 N–H and O–H groups in total. The molecule has 5 heterocycles. The van der Waals surface area contributed by atoms with Crippen molar-refractivity contribution in [2.24, 2.45) is 16.7 Å². The maximum atomic E-state index is 13.9. The van der Waals surface area contributed by atoms with Crippen LogP contribution in [0, 0.1) is 28.1 Å². The number of nitrogens with one attached hydrogen (secondary N) is 1. The summed E-state index contributed by atoms with van der Waals surface area (Å²) in [5.41, 5.74) is 4.20. The first-order chi connectivity index (χ1) is 28.1. The molecule has 14 heteroatoms. The molecule has 13 nitrogen and oxygen atoms in total. The van der Waals surface area contributed by atoms with Crippen LogP contribution in [0.4, 0.5) is 0 Å². The number of rotatable bonds is 7. The molecule has 2 saturated heterocycles. The first-order valence-corrected chi connectivity index (χ1v) is 20.6. The Morgan fingerprint density at radius 1 is 0.831 bits per heavy atom. The number of piperidine rings is 2. The second-order valence-electron chi connectivity index (χ2n) is 18.1. The van der Waals surface area contributed by atoms with Crippen LogP contribution in [0.25, 0.3) is 0 Å². The van der Waals surface area contributed by atoms with Crippen LogP contribution in [-0.2, 0) is 29.2 Å². The standard InChI is InChI=1S/C45H45ClN6O7/c1-44(2)42(45(3,4)43(44)59-30-7-5-26(19-47)34(46)18-30)51-23-29-15-25(6-8-31(29)39(51)56)38(55)50-13-11-24(12-14-50)20-49-21-27-16-32-33(17-28(27)22-49)41(58)52(40(32)57)35-9-10-36(53)48-37(35)54/h5-8,15-18,24,35,42-43H,9-14,20-23H2,1-4H3,(H,48,53,54). The Hall–Kier alpha value is -5.58. The van der Waals surface area contributed by atoms with E-state index >= 15 is 0 Å². The maximum Gasteiger partial charge on any atom is 0.262 e. The molecular formula is C45H45ClN6O7. The number of halogens is 1. The Morgan fingerprint density at radius 2 is 1.49 bits per heavy atom. The Labute approximate surface area is 347 Å². The Balaban J connectivity index is 0.794. The minimum absolute atomic E-state index is 0.0419. The summed E-state index contributed by atoms with van der Waals surface area (Å²) in [6, 6.07) is 15.0. The Morgan fingerprint density at radius 3 is 2.10 bits per heavy atom.